The Bertz CT molecular complexity index is 602. The van der Waals surface area contributed by atoms with E-state index in [1.165, 1.54) is 12.1 Å². The van der Waals surface area contributed by atoms with Crippen LogP contribution in [0, 0.1) is 5.92 Å². The third kappa shape index (κ3) is 7.00. The number of halogens is 1. The quantitative estimate of drug-likeness (QED) is 0.702. The number of imide groups is 1. The second kappa shape index (κ2) is 9.93. The summed E-state index contributed by atoms with van der Waals surface area (Å²) in [5, 5.41) is 5.17. The van der Waals surface area contributed by atoms with Crippen molar-refractivity contribution in [2.75, 3.05) is 13.2 Å². The summed E-state index contributed by atoms with van der Waals surface area (Å²) in [6.45, 7) is 5.92. The van der Waals surface area contributed by atoms with Gasteiger partial charge in [-0.1, -0.05) is 32.4 Å². The monoisotopic (exact) mass is 354 g/mol. The minimum absolute atomic E-state index is 0.140. The van der Waals surface area contributed by atoms with Crippen LogP contribution in [0.4, 0.5) is 4.79 Å². The molecule has 0 aliphatic rings. The molecule has 2 N–H and O–H groups in total. The van der Waals surface area contributed by atoms with Crippen molar-refractivity contribution in [3.63, 3.8) is 0 Å². The summed E-state index contributed by atoms with van der Waals surface area (Å²) >= 11 is 5.88. The van der Waals surface area contributed by atoms with Gasteiger partial charge in [0.05, 0.1) is 5.56 Å². The zero-order chi connectivity index (χ0) is 18.1. The lowest BCUT2D eigenvalue weighted by Gasteiger charge is -2.11. The summed E-state index contributed by atoms with van der Waals surface area (Å²) < 4.78 is 5.35. The summed E-state index contributed by atoms with van der Waals surface area (Å²) in [6.07, 6.45) is 1.12. The molecule has 24 heavy (non-hydrogen) atoms. The van der Waals surface area contributed by atoms with Crippen LogP contribution in [0.5, 0.6) is 5.75 Å². The summed E-state index contributed by atoms with van der Waals surface area (Å²) in [5.74, 6) is -0.00777. The van der Waals surface area contributed by atoms with E-state index in [2.05, 4.69) is 10.6 Å². The number of carbonyl (C=O) groups is 3. The first-order chi connectivity index (χ1) is 11.3. The van der Waals surface area contributed by atoms with Crippen LogP contribution in [0.3, 0.4) is 0 Å². The summed E-state index contributed by atoms with van der Waals surface area (Å²) in [4.78, 5) is 35.2. The topological polar surface area (TPSA) is 84.5 Å². The SMILES string of the molecule is CCC(=O)c1cc(Cl)ccc1OCC(=O)NC(=O)NCCC(C)C. The van der Waals surface area contributed by atoms with E-state index in [1.54, 1.807) is 13.0 Å². The van der Waals surface area contributed by atoms with Crippen molar-refractivity contribution < 1.29 is 19.1 Å². The Labute approximate surface area is 146 Å². The van der Waals surface area contributed by atoms with Crippen molar-refractivity contribution in [2.45, 2.75) is 33.6 Å². The van der Waals surface area contributed by atoms with E-state index >= 15 is 0 Å². The highest BCUT2D eigenvalue weighted by atomic mass is 35.5. The molecule has 0 heterocycles. The van der Waals surface area contributed by atoms with E-state index in [0.717, 1.165) is 6.42 Å². The first-order valence-corrected chi connectivity index (χ1v) is 8.24. The zero-order valence-electron chi connectivity index (χ0n) is 14.1. The van der Waals surface area contributed by atoms with Gasteiger partial charge in [0.1, 0.15) is 5.75 Å². The first kappa shape index (κ1) is 20.0. The Morgan fingerprint density at radius 1 is 1.25 bits per heavy atom. The van der Waals surface area contributed by atoms with E-state index in [1.807, 2.05) is 13.8 Å². The highest BCUT2D eigenvalue weighted by Gasteiger charge is 2.14. The van der Waals surface area contributed by atoms with Crippen LogP contribution in [0.15, 0.2) is 18.2 Å². The average molecular weight is 355 g/mol. The molecule has 0 aromatic heterocycles. The molecule has 0 saturated carbocycles. The van der Waals surface area contributed by atoms with Gasteiger partial charge in [-0.3, -0.25) is 14.9 Å². The van der Waals surface area contributed by atoms with E-state index < -0.39 is 11.9 Å². The predicted molar refractivity (Wildman–Crippen MR) is 92.6 cm³/mol. The van der Waals surface area contributed by atoms with Gasteiger partial charge in [0.2, 0.25) is 0 Å². The fraction of sp³-hybridized carbons (Fsp3) is 0.471. The number of benzene rings is 1. The molecular formula is C17H23ClN2O4. The number of nitrogens with one attached hydrogen (secondary N) is 2. The minimum Gasteiger partial charge on any atom is -0.483 e. The molecule has 1 aromatic carbocycles. The number of Topliss-reactive ketones (excluding diaryl/α,β-unsaturated/α-hetero) is 1. The fourth-order valence-electron chi connectivity index (χ4n) is 1.86. The van der Waals surface area contributed by atoms with Crippen molar-refractivity contribution in [1.82, 2.24) is 10.6 Å². The summed E-state index contributed by atoms with van der Waals surface area (Å²) in [5.41, 5.74) is 0.319. The van der Waals surface area contributed by atoms with Gasteiger partial charge in [-0.25, -0.2) is 4.79 Å². The normalized spacial score (nSPS) is 10.4. The predicted octanol–water partition coefficient (Wildman–Crippen LogP) is 3.18. The summed E-state index contributed by atoms with van der Waals surface area (Å²) in [7, 11) is 0. The van der Waals surface area contributed by atoms with Crippen molar-refractivity contribution >= 4 is 29.3 Å². The Hall–Kier alpha value is -2.08. The number of ketones is 1. The molecule has 1 rings (SSSR count). The second-order valence-electron chi connectivity index (χ2n) is 5.69. The Kier molecular flexibility index (Phi) is 8.26. The molecule has 0 saturated heterocycles. The van der Waals surface area contributed by atoms with Gasteiger partial charge in [0.25, 0.3) is 5.91 Å². The van der Waals surface area contributed by atoms with Crippen molar-refractivity contribution in [1.29, 1.82) is 0 Å². The van der Waals surface area contributed by atoms with Gasteiger partial charge < -0.3 is 10.1 Å². The van der Waals surface area contributed by atoms with E-state index in [4.69, 9.17) is 16.3 Å². The largest absolute Gasteiger partial charge is 0.483 e. The lowest BCUT2D eigenvalue weighted by Crippen LogP contribution is -2.42. The molecule has 0 aliphatic carbocycles. The molecule has 0 aliphatic heterocycles. The number of ether oxygens (including phenoxy) is 1. The Morgan fingerprint density at radius 2 is 1.96 bits per heavy atom. The van der Waals surface area contributed by atoms with Crippen LogP contribution in [0.25, 0.3) is 0 Å². The van der Waals surface area contributed by atoms with Gasteiger partial charge in [-0.15, -0.1) is 0 Å². The van der Waals surface area contributed by atoms with Crippen molar-refractivity contribution in [3.05, 3.63) is 28.8 Å². The Balaban J connectivity index is 2.52. The van der Waals surface area contributed by atoms with Crippen LogP contribution in [0.1, 0.15) is 44.0 Å². The highest BCUT2D eigenvalue weighted by molar-refractivity contribution is 6.31. The molecule has 3 amide bonds. The molecule has 0 fully saturated rings. The second-order valence-corrected chi connectivity index (χ2v) is 6.13. The van der Waals surface area contributed by atoms with Gasteiger partial charge in [0, 0.05) is 18.0 Å². The van der Waals surface area contributed by atoms with E-state index in [0.29, 0.717) is 29.5 Å². The third-order valence-corrected chi connectivity index (χ3v) is 3.42. The standard InChI is InChI=1S/C17H23ClN2O4/c1-4-14(21)13-9-12(18)5-6-15(13)24-10-16(22)20-17(23)19-8-7-11(2)3/h5-6,9,11H,4,7-8,10H2,1-3H3,(H2,19,20,22,23). The highest BCUT2D eigenvalue weighted by Crippen LogP contribution is 2.24. The maximum absolute atomic E-state index is 11.9. The first-order valence-electron chi connectivity index (χ1n) is 7.86. The molecule has 6 nitrogen and oxygen atoms in total. The number of hydrogen-bond donors (Lipinski definition) is 2. The number of rotatable bonds is 8. The van der Waals surface area contributed by atoms with Gasteiger partial charge >= 0.3 is 6.03 Å². The zero-order valence-corrected chi connectivity index (χ0v) is 14.9. The minimum atomic E-state index is -0.595. The lowest BCUT2D eigenvalue weighted by atomic mass is 10.1. The third-order valence-electron chi connectivity index (χ3n) is 3.18. The van der Waals surface area contributed by atoms with Gasteiger partial charge in [-0.2, -0.15) is 0 Å². The number of carbonyl (C=O) groups excluding carboxylic acids is 3. The average Bonchev–Trinajstić information content (AvgIpc) is 2.52. The van der Waals surface area contributed by atoms with E-state index in [-0.39, 0.29) is 18.1 Å². The van der Waals surface area contributed by atoms with Crippen LogP contribution >= 0.6 is 11.6 Å². The molecule has 132 valence electrons. The van der Waals surface area contributed by atoms with Crippen LogP contribution in [-0.2, 0) is 4.79 Å². The van der Waals surface area contributed by atoms with Crippen molar-refractivity contribution in [2.24, 2.45) is 5.92 Å². The van der Waals surface area contributed by atoms with Crippen LogP contribution in [0.2, 0.25) is 5.02 Å². The van der Waals surface area contributed by atoms with Crippen molar-refractivity contribution in [3.8, 4) is 5.75 Å². The molecule has 0 atom stereocenters. The maximum atomic E-state index is 11.9. The Morgan fingerprint density at radius 3 is 2.58 bits per heavy atom. The molecule has 0 spiro atoms. The smallest absolute Gasteiger partial charge is 0.321 e. The molecule has 0 radical (unpaired) electrons. The molecule has 7 heteroatoms. The number of hydrogen-bond acceptors (Lipinski definition) is 4. The van der Waals surface area contributed by atoms with E-state index in [9.17, 15) is 14.4 Å². The lowest BCUT2D eigenvalue weighted by molar-refractivity contribution is -0.122. The van der Waals surface area contributed by atoms with Gasteiger partial charge in [-0.05, 0) is 30.5 Å². The molecule has 0 unspecified atom stereocenters. The molecular weight excluding hydrogens is 332 g/mol. The van der Waals surface area contributed by atoms with Gasteiger partial charge in [0.15, 0.2) is 12.4 Å². The van der Waals surface area contributed by atoms with Crippen LogP contribution < -0.4 is 15.4 Å². The van der Waals surface area contributed by atoms with Crippen LogP contribution in [-0.4, -0.2) is 30.9 Å². The summed E-state index contributed by atoms with van der Waals surface area (Å²) in [6, 6.07) is 4.03. The maximum Gasteiger partial charge on any atom is 0.321 e. The number of urea groups is 1. The molecule has 1 aromatic rings. The molecule has 0 bridgehead atoms. The number of amides is 3. The fourth-order valence-corrected chi connectivity index (χ4v) is 2.03.